The number of nitriles is 1. The van der Waals surface area contributed by atoms with E-state index < -0.39 is 0 Å². The zero-order valence-corrected chi connectivity index (χ0v) is 4.01. The molecule has 0 N–H and O–H groups in total. The van der Waals surface area contributed by atoms with Gasteiger partial charge >= 0.3 is 0 Å². The summed E-state index contributed by atoms with van der Waals surface area (Å²) in [4.78, 5) is 9.68. The van der Waals surface area contributed by atoms with E-state index in [1.807, 2.05) is 0 Å². The van der Waals surface area contributed by atoms with Gasteiger partial charge in [0.25, 0.3) is 0 Å². The van der Waals surface area contributed by atoms with E-state index in [2.05, 4.69) is 0 Å². The minimum Gasteiger partial charge on any atom is -0.298 e. The molecule has 0 aliphatic rings. The zero-order valence-electron chi connectivity index (χ0n) is 4.01. The third-order valence-electron chi connectivity index (χ3n) is 0.478. The van der Waals surface area contributed by atoms with Crippen LogP contribution in [-0.2, 0) is 4.79 Å². The Morgan fingerprint density at radius 3 is 2.57 bits per heavy atom. The topological polar surface area (TPSA) is 40.9 Å². The summed E-state index contributed by atoms with van der Waals surface area (Å²) in [5, 5.41) is 7.88. The number of carbonyl (C=O) groups excluding carboxylic acids is 1. The Balaban J connectivity index is 3.80. The third kappa shape index (κ3) is 2.71. The van der Waals surface area contributed by atoms with E-state index in [9.17, 15) is 4.79 Å². The summed E-state index contributed by atoms with van der Waals surface area (Å²) >= 11 is 0. The summed E-state index contributed by atoms with van der Waals surface area (Å²) in [6, 6.07) is 1.73. The number of rotatable bonds is 1. The van der Waals surface area contributed by atoms with Crippen LogP contribution in [0.1, 0.15) is 6.92 Å². The van der Waals surface area contributed by atoms with E-state index >= 15 is 0 Å². The molecule has 0 aromatic heterocycles. The van der Waals surface area contributed by atoms with Crippen LogP contribution >= 0.6 is 0 Å². The van der Waals surface area contributed by atoms with Crippen LogP contribution in [-0.4, -0.2) is 6.29 Å². The lowest BCUT2D eigenvalue weighted by Crippen LogP contribution is -1.71. The summed E-state index contributed by atoms with van der Waals surface area (Å²) in [6.07, 6.45) is 1.84. The van der Waals surface area contributed by atoms with Gasteiger partial charge in [-0.25, -0.2) is 0 Å². The number of aldehydes is 1. The Hall–Kier alpha value is -1.10. The van der Waals surface area contributed by atoms with Crippen molar-refractivity contribution in [2.75, 3.05) is 0 Å². The maximum absolute atomic E-state index is 9.68. The molecular weight excluding hydrogens is 90.1 g/mol. The van der Waals surface area contributed by atoms with E-state index in [1.54, 1.807) is 13.0 Å². The number of hydrogen-bond donors (Lipinski definition) is 0. The second-order valence-corrected chi connectivity index (χ2v) is 1.14. The van der Waals surface area contributed by atoms with Gasteiger partial charge in [0.05, 0.1) is 6.07 Å². The predicted octanol–water partition coefficient (Wildman–Crippen LogP) is 0.655. The van der Waals surface area contributed by atoms with Crippen molar-refractivity contribution in [1.82, 2.24) is 0 Å². The largest absolute Gasteiger partial charge is 0.298 e. The fourth-order valence-electron chi connectivity index (χ4n) is 0.136. The molecule has 0 saturated carbocycles. The lowest BCUT2D eigenvalue weighted by Gasteiger charge is -1.71. The van der Waals surface area contributed by atoms with E-state index in [4.69, 9.17) is 5.26 Å². The molecule has 0 radical (unpaired) electrons. The van der Waals surface area contributed by atoms with Gasteiger partial charge in [-0.05, 0) is 12.5 Å². The first-order valence-electron chi connectivity index (χ1n) is 1.83. The molecule has 0 aromatic rings. The van der Waals surface area contributed by atoms with Gasteiger partial charge in [-0.1, -0.05) is 0 Å². The summed E-state index contributed by atoms with van der Waals surface area (Å²) in [5.74, 6) is 0. The normalized spacial score (nSPS) is 10.0. The van der Waals surface area contributed by atoms with Crippen molar-refractivity contribution in [3.05, 3.63) is 11.6 Å². The Bertz CT molecular complexity index is 130. The molecule has 0 saturated heterocycles. The van der Waals surface area contributed by atoms with Crippen LogP contribution in [0.4, 0.5) is 0 Å². The maximum atomic E-state index is 9.68. The second kappa shape index (κ2) is 3.10. The SMILES string of the molecule is CC(C=O)=CC#N. The number of nitrogens with zero attached hydrogens (tertiary/aromatic N) is 1. The van der Waals surface area contributed by atoms with Gasteiger partial charge in [0.2, 0.25) is 0 Å². The monoisotopic (exact) mass is 95.0 g/mol. The summed E-state index contributed by atoms with van der Waals surface area (Å²) in [6.45, 7) is 1.58. The highest BCUT2D eigenvalue weighted by Crippen LogP contribution is 1.80. The van der Waals surface area contributed by atoms with Crippen molar-refractivity contribution in [1.29, 1.82) is 5.26 Å². The highest BCUT2D eigenvalue weighted by atomic mass is 16.1. The molecule has 0 fully saturated rings. The van der Waals surface area contributed by atoms with Crippen LogP contribution in [0, 0.1) is 11.3 Å². The van der Waals surface area contributed by atoms with Crippen molar-refractivity contribution < 1.29 is 4.79 Å². The summed E-state index contributed by atoms with van der Waals surface area (Å²) < 4.78 is 0. The van der Waals surface area contributed by atoms with Crippen molar-refractivity contribution in [3.63, 3.8) is 0 Å². The molecule has 2 heteroatoms. The predicted molar refractivity (Wildman–Crippen MR) is 25.4 cm³/mol. The van der Waals surface area contributed by atoms with Crippen molar-refractivity contribution >= 4 is 6.29 Å². The molecule has 7 heavy (non-hydrogen) atoms. The molecule has 0 aliphatic carbocycles. The molecule has 36 valence electrons. The van der Waals surface area contributed by atoms with E-state index in [-0.39, 0.29) is 0 Å². The van der Waals surface area contributed by atoms with Gasteiger partial charge in [0.1, 0.15) is 6.29 Å². The van der Waals surface area contributed by atoms with Crippen LogP contribution in [0.25, 0.3) is 0 Å². The Kier molecular flexibility index (Phi) is 2.62. The highest BCUT2D eigenvalue weighted by Gasteiger charge is 1.76. The number of allylic oxidation sites excluding steroid dienone is 2. The quantitative estimate of drug-likeness (QED) is 0.272. The van der Waals surface area contributed by atoms with Crippen molar-refractivity contribution in [3.8, 4) is 6.07 Å². The molecule has 0 heterocycles. The van der Waals surface area contributed by atoms with Crippen molar-refractivity contribution in [2.24, 2.45) is 0 Å². The third-order valence-corrected chi connectivity index (χ3v) is 0.478. The Labute approximate surface area is 42.1 Å². The molecule has 0 atom stereocenters. The molecule has 0 rings (SSSR count). The average Bonchev–Trinajstić information content (AvgIpc) is 1.68. The molecular formula is C5H5NO. The fourth-order valence-corrected chi connectivity index (χ4v) is 0.136. The van der Waals surface area contributed by atoms with E-state index in [0.29, 0.717) is 11.9 Å². The molecule has 2 nitrogen and oxygen atoms in total. The van der Waals surface area contributed by atoms with Gasteiger partial charge in [-0.2, -0.15) is 5.26 Å². The molecule has 0 spiro atoms. The maximum Gasteiger partial charge on any atom is 0.146 e. The van der Waals surface area contributed by atoms with Gasteiger partial charge in [0.15, 0.2) is 0 Å². The lowest BCUT2D eigenvalue weighted by atomic mass is 10.3. The number of carbonyl (C=O) groups is 1. The zero-order chi connectivity index (χ0) is 5.70. The molecule has 0 bridgehead atoms. The van der Waals surface area contributed by atoms with Gasteiger partial charge in [0, 0.05) is 6.08 Å². The van der Waals surface area contributed by atoms with Crippen molar-refractivity contribution in [2.45, 2.75) is 6.92 Å². The Morgan fingerprint density at radius 1 is 1.86 bits per heavy atom. The fraction of sp³-hybridized carbons (Fsp3) is 0.200. The van der Waals surface area contributed by atoms with Gasteiger partial charge in [-0.15, -0.1) is 0 Å². The van der Waals surface area contributed by atoms with Crippen LogP contribution in [0.3, 0.4) is 0 Å². The van der Waals surface area contributed by atoms with Crippen LogP contribution in [0.2, 0.25) is 0 Å². The smallest absolute Gasteiger partial charge is 0.146 e. The minimum absolute atomic E-state index is 0.461. The summed E-state index contributed by atoms with van der Waals surface area (Å²) in [5.41, 5.74) is 0.461. The average molecular weight is 95.1 g/mol. The summed E-state index contributed by atoms with van der Waals surface area (Å²) in [7, 11) is 0. The molecule has 0 unspecified atom stereocenters. The Morgan fingerprint density at radius 2 is 2.43 bits per heavy atom. The number of hydrogen-bond acceptors (Lipinski definition) is 2. The highest BCUT2D eigenvalue weighted by molar-refractivity contribution is 5.72. The van der Waals surface area contributed by atoms with Crippen LogP contribution < -0.4 is 0 Å². The lowest BCUT2D eigenvalue weighted by molar-refractivity contribution is -0.104. The standard InChI is InChI=1S/C5H5NO/c1-5(4-7)2-3-6/h2,4H,1H3. The van der Waals surface area contributed by atoms with Crippen LogP contribution in [0.5, 0.6) is 0 Å². The van der Waals surface area contributed by atoms with E-state index in [0.717, 1.165) is 0 Å². The second-order valence-electron chi connectivity index (χ2n) is 1.14. The molecule has 0 amide bonds. The first-order chi connectivity index (χ1) is 3.31. The van der Waals surface area contributed by atoms with Gasteiger partial charge < -0.3 is 0 Å². The minimum atomic E-state index is 0.461. The molecule has 0 aromatic carbocycles. The van der Waals surface area contributed by atoms with Gasteiger partial charge in [-0.3, -0.25) is 4.79 Å². The first kappa shape index (κ1) is 5.90. The first-order valence-corrected chi connectivity index (χ1v) is 1.83. The van der Waals surface area contributed by atoms with E-state index in [1.165, 1.54) is 6.08 Å². The van der Waals surface area contributed by atoms with Crippen LogP contribution in [0.15, 0.2) is 11.6 Å². The molecule has 0 aliphatic heterocycles.